The lowest BCUT2D eigenvalue weighted by Crippen LogP contribution is -2.51. The third-order valence-electron chi connectivity index (χ3n) is 8.93. The smallest absolute Gasteiger partial charge is 0.466 e. The Kier molecular flexibility index (Phi) is 14.4. The van der Waals surface area contributed by atoms with E-state index in [1.54, 1.807) is 30.3 Å². The number of aromatic nitrogens is 8. The highest BCUT2D eigenvalue weighted by Gasteiger charge is 2.32. The van der Waals surface area contributed by atoms with Crippen molar-refractivity contribution in [2.75, 3.05) is 38.7 Å². The van der Waals surface area contributed by atoms with Gasteiger partial charge in [0.1, 0.15) is 29.9 Å². The number of nitriles is 1. The second kappa shape index (κ2) is 19.2. The Morgan fingerprint density at radius 3 is 2.37 bits per heavy atom. The van der Waals surface area contributed by atoms with E-state index in [0.29, 0.717) is 54.6 Å². The van der Waals surface area contributed by atoms with Crippen molar-refractivity contribution in [3.63, 3.8) is 0 Å². The molecule has 1 aromatic carbocycles. The number of nitrogens with zero attached hydrogens (tertiary/aromatic N) is 10. The van der Waals surface area contributed by atoms with Gasteiger partial charge in [-0.05, 0) is 74.6 Å². The van der Waals surface area contributed by atoms with E-state index in [4.69, 9.17) is 43.3 Å². The van der Waals surface area contributed by atoms with Gasteiger partial charge in [0, 0.05) is 57.2 Å². The first kappa shape index (κ1) is 40.6. The summed E-state index contributed by atoms with van der Waals surface area (Å²) in [6, 6.07) is 8.48. The van der Waals surface area contributed by atoms with Crippen LogP contribution in [0.15, 0.2) is 43.1 Å². The molecule has 1 saturated carbocycles. The molecule has 1 aliphatic heterocycles. The fraction of sp³-hybridized carbons (Fsp3) is 0.559. The van der Waals surface area contributed by atoms with Gasteiger partial charge in [0.25, 0.3) is 5.88 Å². The molecule has 3 aromatic heterocycles. The van der Waals surface area contributed by atoms with Crippen LogP contribution in [-0.4, -0.2) is 117 Å². The Hall–Kier alpha value is -4.54. The lowest BCUT2D eigenvalue weighted by Gasteiger charge is -2.42. The molecule has 0 bridgehead atoms. The fourth-order valence-corrected chi connectivity index (χ4v) is 6.67. The molecule has 4 N–H and O–H groups in total. The second-order valence-electron chi connectivity index (χ2n) is 13.4. The van der Waals surface area contributed by atoms with E-state index in [9.17, 15) is 5.26 Å². The Morgan fingerprint density at radius 1 is 1.06 bits per heavy atom. The third kappa shape index (κ3) is 12.2. The largest absolute Gasteiger partial charge is 0.487 e. The van der Waals surface area contributed by atoms with Gasteiger partial charge in [0.05, 0.1) is 43.2 Å². The van der Waals surface area contributed by atoms with Gasteiger partial charge in [-0.1, -0.05) is 6.07 Å². The van der Waals surface area contributed by atoms with E-state index in [2.05, 4.69) is 55.6 Å². The maximum absolute atomic E-state index is 9.67. The Labute approximate surface area is 313 Å². The quantitative estimate of drug-likeness (QED) is 0.106. The number of hydrogen-bond donors (Lipinski definition) is 4. The molecule has 20 heteroatoms. The van der Waals surface area contributed by atoms with E-state index in [1.165, 1.54) is 6.33 Å². The molecule has 4 aromatic rings. The first-order valence-corrected chi connectivity index (χ1v) is 19.3. The average Bonchev–Trinajstić information content (AvgIpc) is 3.79. The van der Waals surface area contributed by atoms with Gasteiger partial charge in [0.15, 0.2) is 0 Å². The SMILES string of the molecule is COCCCOc1nn(C2CCC(N3C[C@@H](C)O[C@@H](C)C3)CC2)cc1Nc1ncc(-c2ccc(C#N)c(OC(C)Cn3cnnn3)c2)cn1.O=P(O)(O)O. The zero-order valence-corrected chi connectivity index (χ0v) is 31.7. The number of hydrogen-bond acceptors (Lipinski definition) is 14. The van der Waals surface area contributed by atoms with E-state index in [0.717, 1.165) is 56.3 Å². The van der Waals surface area contributed by atoms with Crippen LogP contribution in [0.25, 0.3) is 11.1 Å². The summed E-state index contributed by atoms with van der Waals surface area (Å²) in [5, 5.41) is 29.1. The van der Waals surface area contributed by atoms with Crippen LogP contribution in [0.3, 0.4) is 0 Å². The van der Waals surface area contributed by atoms with Crippen LogP contribution in [0.2, 0.25) is 0 Å². The van der Waals surface area contributed by atoms with Crippen molar-refractivity contribution in [3.05, 3.63) is 48.7 Å². The molecule has 54 heavy (non-hydrogen) atoms. The normalized spacial score (nSPS) is 21.0. The van der Waals surface area contributed by atoms with Gasteiger partial charge in [-0.15, -0.1) is 10.2 Å². The number of methoxy groups -OCH3 is 1. The topological polar surface area (TPSA) is 241 Å². The number of benzene rings is 1. The summed E-state index contributed by atoms with van der Waals surface area (Å²) in [5.74, 6) is 1.41. The molecule has 0 radical (unpaired) electrons. The number of nitrogens with one attached hydrogen (secondary N) is 1. The average molecular weight is 770 g/mol. The minimum Gasteiger partial charge on any atom is -0.487 e. The zero-order valence-electron chi connectivity index (χ0n) is 30.8. The van der Waals surface area contributed by atoms with Crippen molar-refractivity contribution in [3.8, 4) is 28.8 Å². The third-order valence-corrected chi connectivity index (χ3v) is 8.93. The molecule has 6 rings (SSSR count). The molecule has 1 unspecified atom stereocenters. The van der Waals surface area contributed by atoms with Crippen molar-refractivity contribution in [2.45, 2.75) is 89.8 Å². The van der Waals surface area contributed by atoms with Gasteiger partial charge in [-0.3, -0.25) is 9.58 Å². The first-order valence-electron chi connectivity index (χ1n) is 17.8. The molecule has 4 heterocycles. The van der Waals surface area contributed by atoms with Crippen molar-refractivity contribution < 1.29 is 38.2 Å². The standard InChI is InChI=1S/C34H45N11O4.H3O4P/c1-23-18-43(19-24(2)48-23)29-8-10-30(11-9-29)45-21-31(33(40-45)47-13-5-12-46-4)39-34-36-16-28(17-37-34)26-6-7-27(15-35)32(14-26)49-25(3)20-44-22-38-41-42-44;1-5(2,3)4/h6-7,14,16-17,21-25,29-30H,5,8-13,18-20H2,1-4H3,(H,36,37,39);(H3,1,2,3,4)/t23-,24+,25?,29?,30?;. The molecule has 0 spiro atoms. The van der Waals surface area contributed by atoms with Crippen molar-refractivity contribution >= 4 is 19.5 Å². The molecule has 1 saturated heterocycles. The van der Waals surface area contributed by atoms with E-state index in [-0.39, 0.29) is 24.4 Å². The van der Waals surface area contributed by atoms with Crippen LogP contribution >= 0.6 is 7.82 Å². The molecule has 292 valence electrons. The van der Waals surface area contributed by atoms with Crippen LogP contribution in [0.1, 0.15) is 64.5 Å². The highest BCUT2D eigenvalue weighted by molar-refractivity contribution is 7.45. The maximum atomic E-state index is 9.67. The van der Waals surface area contributed by atoms with Crippen LogP contribution < -0.4 is 14.8 Å². The highest BCUT2D eigenvalue weighted by atomic mass is 31.2. The number of ether oxygens (including phenoxy) is 4. The molecular formula is C34H48N11O8P. The van der Waals surface area contributed by atoms with Crippen molar-refractivity contribution in [1.82, 2.24) is 44.9 Å². The second-order valence-corrected chi connectivity index (χ2v) is 14.4. The lowest BCUT2D eigenvalue weighted by atomic mass is 9.89. The van der Waals surface area contributed by atoms with Crippen LogP contribution in [0, 0.1) is 11.3 Å². The first-order chi connectivity index (χ1) is 25.9. The molecule has 19 nitrogen and oxygen atoms in total. The zero-order chi connectivity index (χ0) is 38.7. The summed E-state index contributed by atoms with van der Waals surface area (Å²) in [4.78, 5) is 33.4. The van der Waals surface area contributed by atoms with Crippen LogP contribution in [-0.2, 0) is 20.6 Å². The van der Waals surface area contributed by atoms with E-state index in [1.807, 2.05) is 29.9 Å². The van der Waals surface area contributed by atoms with Crippen molar-refractivity contribution in [1.29, 1.82) is 5.26 Å². The predicted molar refractivity (Wildman–Crippen MR) is 195 cm³/mol. The van der Waals surface area contributed by atoms with Gasteiger partial charge in [0.2, 0.25) is 5.95 Å². The Morgan fingerprint density at radius 2 is 1.74 bits per heavy atom. The fourth-order valence-electron chi connectivity index (χ4n) is 6.67. The summed E-state index contributed by atoms with van der Waals surface area (Å²) in [5.41, 5.74) is 2.75. The Balaban J connectivity index is 0.00000105. The van der Waals surface area contributed by atoms with E-state index >= 15 is 0 Å². The Bertz CT molecular complexity index is 1820. The van der Waals surface area contributed by atoms with E-state index < -0.39 is 7.82 Å². The van der Waals surface area contributed by atoms with Gasteiger partial charge >= 0.3 is 7.82 Å². The molecule has 3 atom stereocenters. The molecule has 0 amide bonds. The summed E-state index contributed by atoms with van der Waals surface area (Å²) in [6.45, 7) is 9.75. The van der Waals surface area contributed by atoms with Gasteiger partial charge < -0.3 is 38.9 Å². The molecule has 2 fully saturated rings. The number of morpholine rings is 1. The lowest BCUT2D eigenvalue weighted by molar-refractivity contribution is -0.0852. The van der Waals surface area contributed by atoms with Gasteiger partial charge in [-0.25, -0.2) is 19.2 Å². The number of phosphoric acid groups is 1. The minimum absolute atomic E-state index is 0.270. The van der Waals surface area contributed by atoms with Crippen molar-refractivity contribution in [2.24, 2.45) is 0 Å². The summed E-state index contributed by atoms with van der Waals surface area (Å²) >= 11 is 0. The highest BCUT2D eigenvalue weighted by Crippen LogP contribution is 2.36. The number of rotatable bonds is 14. The molecule has 1 aliphatic carbocycles. The number of anilines is 2. The molecule has 2 aliphatic rings. The molecular weight excluding hydrogens is 721 g/mol. The summed E-state index contributed by atoms with van der Waals surface area (Å²) in [6.07, 6.45) is 12.4. The maximum Gasteiger partial charge on any atom is 0.466 e. The monoisotopic (exact) mass is 769 g/mol. The van der Waals surface area contributed by atoms with Crippen LogP contribution in [0.5, 0.6) is 11.6 Å². The number of tetrazole rings is 1. The summed E-state index contributed by atoms with van der Waals surface area (Å²) in [7, 11) is -2.96. The van der Waals surface area contributed by atoms with Gasteiger partial charge in [-0.2, -0.15) is 5.26 Å². The van der Waals surface area contributed by atoms with Crippen LogP contribution in [0.4, 0.5) is 11.6 Å². The predicted octanol–water partition coefficient (Wildman–Crippen LogP) is 3.49. The minimum atomic E-state index is -4.64. The summed E-state index contributed by atoms with van der Waals surface area (Å²) < 4.78 is 35.9.